The predicted molar refractivity (Wildman–Crippen MR) is 165 cm³/mol. The van der Waals surface area contributed by atoms with Gasteiger partial charge in [0.1, 0.15) is 6.61 Å². The second-order valence-electron chi connectivity index (χ2n) is 12.1. The Kier molecular flexibility index (Phi) is 7.66. The summed E-state index contributed by atoms with van der Waals surface area (Å²) in [5.74, 6) is 2.34. The maximum absolute atomic E-state index is 6.72. The van der Waals surface area contributed by atoms with Crippen LogP contribution in [0.5, 0.6) is 5.75 Å². The van der Waals surface area contributed by atoms with Gasteiger partial charge in [-0.3, -0.25) is 0 Å². The number of tetrazole rings is 1. The molecule has 2 aromatic heterocycles. The van der Waals surface area contributed by atoms with E-state index >= 15 is 0 Å². The summed E-state index contributed by atoms with van der Waals surface area (Å²) >= 11 is 0. The lowest BCUT2D eigenvalue weighted by atomic mass is 9.81. The van der Waals surface area contributed by atoms with Gasteiger partial charge >= 0.3 is 0 Å². The predicted octanol–water partition coefficient (Wildman–Crippen LogP) is 6.63. The zero-order chi connectivity index (χ0) is 27.6. The van der Waals surface area contributed by atoms with E-state index in [1.54, 1.807) is 0 Å². The number of hydrogen-bond donors (Lipinski definition) is 1. The number of nitrogens with one attached hydrogen (secondary N) is 1. The highest BCUT2D eigenvalue weighted by molar-refractivity contribution is 5.96. The second-order valence-corrected chi connectivity index (χ2v) is 12.1. The Morgan fingerprint density at radius 3 is 2.63 bits per heavy atom. The minimum Gasteiger partial charge on any atom is -0.489 e. The van der Waals surface area contributed by atoms with Gasteiger partial charge in [0.05, 0.1) is 17.9 Å². The normalized spacial score (nSPS) is 18.1. The van der Waals surface area contributed by atoms with Crippen LogP contribution in [0.1, 0.15) is 76.2 Å². The van der Waals surface area contributed by atoms with E-state index in [0.29, 0.717) is 18.3 Å². The molecule has 4 aromatic rings. The van der Waals surface area contributed by atoms with Gasteiger partial charge in [0.2, 0.25) is 0 Å². The first-order valence-electron chi connectivity index (χ1n) is 16.0. The second kappa shape index (κ2) is 11.8. The van der Waals surface area contributed by atoms with Gasteiger partial charge < -0.3 is 19.1 Å². The third-order valence-corrected chi connectivity index (χ3v) is 9.52. The Balaban J connectivity index is 1.35. The molecule has 1 saturated carbocycles. The number of likely N-dealkylation sites (tertiary alicyclic amines) is 1. The number of aromatic nitrogens is 5. The average Bonchev–Trinajstić information content (AvgIpc) is 3.62. The van der Waals surface area contributed by atoms with Crippen LogP contribution in [0.2, 0.25) is 0 Å². The highest BCUT2D eigenvalue weighted by Crippen LogP contribution is 2.49. The van der Waals surface area contributed by atoms with Crippen molar-refractivity contribution in [2.45, 2.75) is 77.2 Å². The van der Waals surface area contributed by atoms with E-state index in [1.165, 1.54) is 97.9 Å². The molecular formula is C33H43N7O. The van der Waals surface area contributed by atoms with Crippen molar-refractivity contribution in [3.63, 3.8) is 0 Å². The van der Waals surface area contributed by atoms with Gasteiger partial charge in [0.15, 0.2) is 11.6 Å². The smallest absolute Gasteiger partial charge is 0.179 e. The number of rotatable bonds is 8. The zero-order valence-corrected chi connectivity index (χ0v) is 24.4. The first kappa shape index (κ1) is 26.5. The van der Waals surface area contributed by atoms with Gasteiger partial charge in [0, 0.05) is 41.7 Å². The number of ether oxygens (including phenoxy) is 1. The van der Waals surface area contributed by atoms with E-state index in [-0.39, 0.29) is 0 Å². The fourth-order valence-corrected chi connectivity index (χ4v) is 7.55. The van der Waals surface area contributed by atoms with Crippen LogP contribution in [-0.4, -0.2) is 69.4 Å². The Morgan fingerprint density at radius 2 is 1.83 bits per heavy atom. The summed E-state index contributed by atoms with van der Waals surface area (Å²) in [5.41, 5.74) is 7.65. The Bertz CT molecular complexity index is 1460. The van der Waals surface area contributed by atoms with E-state index in [1.807, 2.05) is 0 Å². The lowest BCUT2D eigenvalue weighted by Gasteiger charge is -2.32. The topological polar surface area (TPSA) is 75.1 Å². The van der Waals surface area contributed by atoms with E-state index in [2.05, 4.69) is 78.3 Å². The zero-order valence-electron chi connectivity index (χ0n) is 24.4. The molecule has 2 aliphatic heterocycles. The number of aromatic amines is 1. The number of para-hydroxylation sites is 1. The molecule has 0 radical (unpaired) electrons. The summed E-state index contributed by atoms with van der Waals surface area (Å²) in [4.78, 5) is 5.23. The van der Waals surface area contributed by atoms with Crippen LogP contribution in [0.3, 0.4) is 0 Å². The van der Waals surface area contributed by atoms with Gasteiger partial charge in [-0.05, 0) is 85.3 Å². The first-order valence-corrected chi connectivity index (χ1v) is 16.0. The van der Waals surface area contributed by atoms with Crippen molar-refractivity contribution in [3.8, 4) is 28.4 Å². The van der Waals surface area contributed by atoms with Crippen molar-refractivity contribution < 1.29 is 4.74 Å². The third-order valence-electron chi connectivity index (χ3n) is 9.52. The lowest BCUT2D eigenvalue weighted by molar-refractivity contribution is 0.233. The molecule has 1 N–H and O–H groups in total. The fourth-order valence-electron chi connectivity index (χ4n) is 7.55. The summed E-state index contributed by atoms with van der Waals surface area (Å²) in [7, 11) is 0. The molecule has 41 heavy (non-hydrogen) atoms. The van der Waals surface area contributed by atoms with Crippen molar-refractivity contribution in [3.05, 3.63) is 42.0 Å². The molecule has 0 bridgehead atoms. The summed E-state index contributed by atoms with van der Waals surface area (Å²) in [6.45, 7) is 9.45. The highest BCUT2D eigenvalue weighted by atomic mass is 16.5. The molecule has 8 heteroatoms. The van der Waals surface area contributed by atoms with Gasteiger partial charge in [-0.2, -0.15) is 0 Å². The van der Waals surface area contributed by atoms with Crippen molar-refractivity contribution in [1.29, 1.82) is 0 Å². The van der Waals surface area contributed by atoms with Crippen molar-refractivity contribution in [2.24, 2.45) is 0 Å². The molecule has 2 aromatic carbocycles. The van der Waals surface area contributed by atoms with E-state index < -0.39 is 0 Å². The monoisotopic (exact) mass is 553 g/mol. The minimum atomic E-state index is 0.570. The number of piperidine rings is 1. The van der Waals surface area contributed by atoms with Crippen molar-refractivity contribution in [2.75, 3.05) is 44.2 Å². The summed E-state index contributed by atoms with van der Waals surface area (Å²) in [5, 5.41) is 16.2. The number of nitrogens with zero attached hydrogens (tertiary/aromatic N) is 6. The molecule has 1 saturated heterocycles. The number of H-pyrrole nitrogens is 1. The fraction of sp³-hybridized carbons (Fsp3) is 0.545. The maximum atomic E-state index is 6.72. The molecule has 216 valence electrons. The van der Waals surface area contributed by atoms with E-state index in [4.69, 9.17) is 4.74 Å². The minimum absolute atomic E-state index is 0.570. The molecule has 7 rings (SSSR count). The molecule has 3 aliphatic rings. The number of anilines is 1. The van der Waals surface area contributed by atoms with E-state index in [0.717, 1.165) is 43.9 Å². The molecule has 0 spiro atoms. The molecule has 8 nitrogen and oxygen atoms in total. The van der Waals surface area contributed by atoms with Crippen LogP contribution in [-0.2, 0) is 6.54 Å². The van der Waals surface area contributed by atoms with E-state index in [9.17, 15) is 0 Å². The van der Waals surface area contributed by atoms with Crippen LogP contribution in [0.25, 0.3) is 33.5 Å². The molecule has 0 amide bonds. The largest absolute Gasteiger partial charge is 0.489 e. The van der Waals surface area contributed by atoms with Crippen molar-refractivity contribution in [1.82, 2.24) is 30.1 Å². The van der Waals surface area contributed by atoms with Gasteiger partial charge in [-0.25, -0.2) is 5.10 Å². The summed E-state index contributed by atoms with van der Waals surface area (Å²) in [6, 6.07) is 13.6. The van der Waals surface area contributed by atoms with Gasteiger partial charge in [0.25, 0.3) is 0 Å². The van der Waals surface area contributed by atoms with Crippen LogP contribution >= 0.6 is 0 Å². The molecule has 0 unspecified atom stereocenters. The van der Waals surface area contributed by atoms with Crippen LogP contribution < -0.4 is 9.64 Å². The molecule has 0 atom stereocenters. The Hall–Kier alpha value is -3.39. The van der Waals surface area contributed by atoms with Crippen molar-refractivity contribution >= 4 is 16.6 Å². The molecule has 1 aliphatic carbocycles. The Morgan fingerprint density at radius 1 is 0.976 bits per heavy atom. The number of fused-ring (bicyclic) bond motifs is 5. The number of hydrogen-bond acceptors (Lipinski definition) is 6. The number of benzene rings is 2. The molecule has 2 fully saturated rings. The molecule has 4 heterocycles. The molecular weight excluding hydrogens is 510 g/mol. The van der Waals surface area contributed by atoms with Crippen LogP contribution in [0, 0.1) is 0 Å². The van der Waals surface area contributed by atoms with Crippen LogP contribution in [0.4, 0.5) is 5.69 Å². The highest BCUT2D eigenvalue weighted by Gasteiger charge is 2.31. The first-order chi connectivity index (χ1) is 20.3. The third kappa shape index (κ3) is 5.11. The standard InChI is InChI=1S/C33H43N7O/c1-2-16-39(20-19-38-17-7-4-8-18-38)28-13-9-12-27-31-30(24-10-5-3-6-11-24)26-15-14-25(33-34-36-37-35-33)23-29(26)40(31)21-22-41-32(27)28/h9,12-15,23-24H,2-8,10-11,16-22H2,1H3,(H,34,35,36,37). The average molecular weight is 554 g/mol. The Labute approximate surface area is 243 Å². The van der Waals surface area contributed by atoms with Crippen LogP contribution in [0.15, 0.2) is 36.4 Å². The van der Waals surface area contributed by atoms with Gasteiger partial charge in [-0.1, -0.05) is 50.8 Å². The lowest BCUT2D eigenvalue weighted by Crippen LogP contribution is -2.38. The summed E-state index contributed by atoms with van der Waals surface area (Å²) < 4.78 is 9.25. The summed E-state index contributed by atoms with van der Waals surface area (Å²) in [6.07, 6.45) is 11.6. The SMILES string of the molecule is CCCN(CCN1CCCCC1)c1cccc2c1OCCn1c-2c(C2CCCCC2)c2ccc(-c3nnn[nH]3)cc21. The van der Waals surface area contributed by atoms with Gasteiger partial charge in [-0.15, -0.1) is 5.10 Å². The maximum Gasteiger partial charge on any atom is 0.179 e. The quantitative estimate of drug-likeness (QED) is 0.264.